The number of hydrogen-bond acceptors (Lipinski definition) is 5. The van der Waals surface area contributed by atoms with Crippen LogP contribution in [0.5, 0.6) is 0 Å². The van der Waals surface area contributed by atoms with Crippen molar-refractivity contribution in [3.63, 3.8) is 0 Å². The molecule has 0 spiro atoms. The molecule has 1 saturated carbocycles. The fourth-order valence-electron chi connectivity index (χ4n) is 3.30. The number of carbonyl (C=O) groups excluding carboxylic acids is 1. The fraction of sp³-hybridized carbons (Fsp3) is 0.667. The molecule has 1 saturated heterocycles. The van der Waals surface area contributed by atoms with Crippen LogP contribution in [0.2, 0.25) is 0 Å². The first-order valence-corrected chi connectivity index (χ1v) is 7.80. The summed E-state index contributed by atoms with van der Waals surface area (Å²) in [5, 5.41) is 3.19. The summed E-state index contributed by atoms with van der Waals surface area (Å²) in [7, 11) is 0. The fourth-order valence-corrected chi connectivity index (χ4v) is 3.30. The highest BCUT2D eigenvalue weighted by molar-refractivity contribution is 5.79. The van der Waals surface area contributed by atoms with E-state index in [-0.39, 0.29) is 23.9 Å². The highest BCUT2D eigenvalue weighted by Gasteiger charge is 2.30. The van der Waals surface area contributed by atoms with Crippen LogP contribution >= 0.6 is 0 Å². The summed E-state index contributed by atoms with van der Waals surface area (Å²) in [5.41, 5.74) is 5.89. The van der Waals surface area contributed by atoms with Crippen LogP contribution in [-0.2, 0) is 4.79 Å². The monoisotopic (exact) mass is 289 g/mol. The van der Waals surface area contributed by atoms with E-state index in [0.717, 1.165) is 51.1 Å². The topological polar surface area (TPSA) is 84.1 Å². The number of rotatable bonds is 3. The van der Waals surface area contributed by atoms with E-state index in [1.807, 2.05) is 6.07 Å². The number of anilines is 1. The minimum atomic E-state index is 0.100. The SMILES string of the molecule is NC1CCC(C(=O)NC2CCCN(c3ncccn3)C2)C1. The van der Waals surface area contributed by atoms with Crippen LogP contribution in [0.1, 0.15) is 32.1 Å². The number of nitrogens with one attached hydrogen (secondary N) is 1. The molecule has 114 valence electrons. The number of hydrogen-bond donors (Lipinski definition) is 2. The second-order valence-corrected chi connectivity index (χ2v) is 6.11. The lowest BCUT2D eigenvalue weighted by Gasteiger charge is -2.33. The standard InChI is InChI=1S/C15H23N5O/c16-12-5-4-11(9-12)14(21)19-13-3-1-8-20(10-13)15-17-6-2-7-18-15/h2,6-7,11-13H,1,3-5,8-10,16H2,(H,19,21). The van der Waals surface area contributed by atoms with Crippen LogP contribution < -0.4 is 16.0 Å². The zero-order chi connectivity index (χ0) is 14.7. The van der Waals surface area contributed by atoms with Crippen molar-refractivity contribution < 1.29 is 4.79 Å². The molecule has 2 aliphatic rings. The van der Waals surface area contributed by atoms with E-state index < -0.39 is 0 Å². The molecule has 3 N–H and O–H groups in total. The molecule has 0 radical (unpaired) electrons. The van der Waals surface area contributed by atoms with E-state index >= 15 is 0 Å². The van der Waals surface area contributed by atoms with Crippen LogP contribution in [0, 0.1) is 5.92 Å². The van der Waals surface area contributed by atoms with Crippen molar-refractivity contribution >= 4 is 11.9 Å². The second kappa shape index (κ2) is 6.39. The van der Waals surface area contributed by atoms with Crippen LogP contribution in [0.25, 0.3) is 0 Å². The van der Waals surface area contributed by atoms with Crippen molar-refractivity contribution in [3.8, 4) is 0 Å². The molecule has 0 bridgehead atoms. The molecule has 6 nitrogen and oxygen atoms in total. The molecule has 2 heterocycles. The molecule has 3 unspecified atom stereocenters. The molecular formula is C15H23N5O. The van der Waals surface area contributed by atoms with Crippen molar-refractivity contribution in [2.24, 2.45) is 11.7 Å². The third-order valence-corrected chi connectivity index (χ3v) is 4.45. The van der Waals surface area contributed by atoms with Gasteiger partial charge in [-0.2, -0.15) is 0 Å². The lowest BCUT2D eigenvalue weighted by Crippen LogP contribution is -2.49. The Labute approximate surface area is 125 Å². The van der Waals surface area contributed by atoms with Gasteiger partial charge in [0, 0.05) is 43.5 Å². The number of nitrogens with two attached hydrogens (primary N) is 1. The maximum Gasteiger partial charge on any atom is 0.225 e. The normalized spacial score (nSPS) is 29.4. The van der Waals surface area contributed by atoms with Gasteiger partial charge in [-0.3, -0.25) is 4.79 Å². The van der Waals surface area contributed by atoms with Gasteiger partial charge in [-0.25, -0.2) is 9.97 Å². The van der Waals surface area contributed by atoms with Gasteiger partial charge in [-0.05, 0) is 38.2 Å². The highest BCUT2D eigenvalue weighted by atomic mass is 16.2. The number of aromatic nitrogens is 2. The molecule has 1 aromatic rings. The highest BCUT2D eigenvalue weighted by Crippen LogP contribution is 2.25. The van der Waals surface area contributed by atoms with Gasteiger partial charge in [0.05, 0.1) is 0 Å². The van der Waals surface area contributed by atoms with Gasteiger partial charge in [0.2, 0.25) is 11.9 Å². The van der Waals surface area contributed by atoms with Crippen molar-refractivity contribution in [2.45, 2.75) is 44.2 Å². The Bertz CT molecular complexity index is 480. The summed E-state index contributed by atoms with van der Waals surface area (Å²) >= 11 is 0. The quantitative estimate of drug-likeness (QED) is 0.855. The first kappa shape index (κ1) is 14.3. The first-order chi connectivity index (χ1) is 10.2. The zero-order valence-electron chi connectivity index (χ0n) is 12.2. The summed E-state index contributed by atoms with van der Waals surface area (Å²) in [5.74, 6) is 1.02. The molecule has 3 rings (SSSR count). The summed E-state index contributed by atoms with van der Waals surface area (Å²) in [4.78, 5) is 23.0. The summed E-state index contributed by atoms with van der Waals surface area (Å²) in [6, 6.07) is 2.20. The average Bonchev–Trinajstić information content (AvgIpc) is 2.95. The van der Waals surface area contributed by atoms with Crippen molar-refractivity contribution in [3.05, 3.63) is 18.5 Å². The van der Waals surface area contributed by atoms with Gasteiger partial charge >= 0.3 is 0 Å². The van der Waals surface area contributed by atoms with Crippen molar-refractivity contribution in [1.29, 1.82) is 0 Å². The van der Waals surface area contributed by atoms with E-state index in [4.69, 9.17) is 5.73 Å². The van der Waals surface area contributed by atoms with Crippen LogP contribution in [0.3, 0.4) is 0 Å². The van der Waals surface area contributed by atoms with Gasteiger partial charge in [0.25, 0.3) is 0 Å². The van der Waals surface area contributed by atoms with Gasteiger partial charge < -0.3 is 16.0 Å². The van der Waals surface area contributed by atoms with E-state index in [1.54, 1.807) is 12.4 Å². The first-order valence-electron chi connectivity index (χ1n) is 7.80. The van der Waals surface area contributed by atoms with E-state index in [1.165, 1.54) is 0 Å². The summed E-state index contributed by atoms with van der Waals surface area (Å²) < 4.78 is 0. The number of piperidine rings is 1. The molecule has 1 aromatic heterocycles. The third-order valence-electron chi connectivity index (χ3n) is 4.45. The molecule has 6 heteroatoms. The third kappa shape index (κ3) is 3.50. The van der Waals surface area contributed by atoms with Crippen LogP contribution in [0.4, 0.5) is 5.95 Å². The molecule has 1 amide bonds. The van der Waals surface area contributed by atoms with Gasteiger partial charge in [0.1, 0.15) is 0 Å². The van der Waals surface area contributed by atoms with Gasteiger partial charge in [0.15, 0.2) is 0 Å². The smallest absolute Gasteiger partial charge is 0.225 e. The maximum atomic E-state index is 12.3. The van der Waals surface area contributed by atoms with Crippen LogP contribution in [0.15, 0.2) is 18.5 Å². The predicted molar refractivity (Wildman–Crippen MR) is 80.7 cm³/mol. The Morgan fingerprint density at radius 2 is 2.10 bits per heavy atom. The predicted octanol–water partition coefficient (Wildman–Crippen LogP) is 0.689. The van der Waals surface area contributed by atoms with Gasteiger partial charge in [-0.1, -0.05) is 0 Å². The average molecular weight is 289 g/mol. The number of carbonyl (C=O) groups is 1. The Hall–Kier alpha value is -1.69. The minimum Gasteiger partial charge on any atom is -0.351 e. The van der Waals surface area contributed by atoms with E-state index in [9.17, 15) is 4.79 Å². The molecular weight excluding hydrogens is 266 g/mol. The molecule has 2 fully saturated rings. The Balaban J connectivity index is 1.55. The van der Waals surface area contributed by atoms with Gasteiger partial charge in [-0.15, -0.1) is 0 Å². The molecule has 0 aromatic carbocycles. The van der Waals surface area contributed by atoms with E-state index in [2.05, 4.69) is 20.2 Å². The summed E-state index contributed by atoms with van der Waals surface area (Å²) in [6.07, 6.45) is 8.29. The molecule has 1 aliphatic heterocycles. The Kier molecular flexibility index (Phi) is 4.34. The number of nitrogens with zero attached hydrogens (tertiary/aromatic N) is 3. The zero-order valence-corrected chi connectivity index (χ0v) is 12.2. The minimum absolute atomic E-state index is 0.100. The lowest BCUT2D eigenvalue weighted by molar-refractivity contribution is -0.125. The lowest BCUT2D eigenvalue weighted by atomic mass is 10.0. The van der Waals surface area contributed by atoms with E-state index in [0.29, 0.717) is 0 Å². The molecule has 1 aliphatic carbocycles. The Morgan fingerprint density at radius 3 is 2.81 bits per heavy atom. The van der Waals surface area contributed by atoms with Crippen molar-refractivity contribution in [2.75, 3.05) is 18.0 Å². The summed E-state index contributed by atoms with van der Waals surface area (Å²) in [6.45, 7) is 1.74. The Morgan fingerprint density at radius 1 is 1.29 bits per heavy atom. The van der Waals surface area contributed by atoms with Crippen LogP contribution in [-0.4, -0.2) is 41.0 Å². The van der Waals surface area contributed by atoms with Crippen molar-refractivity contribution in [1.82, 2.24) is 15.3 Å². The second-order valence-electron chi connectivity index (χ2n) is 6.11. The molecule has 3 atom stereocenters. The largest absolute Gasteiger partial charge is 0.351 e. The maximum absolute atomic E-state index is 12.3. The number of amides is 1. The molecule has 21 heavy (non-hydrogen) atoms.